The van der Waals surface area contributed by atoms with E-state index < -0.39 is 5.91 Å². The molecule has 0 saturated carbocycles. The standard InChI is InChI=1S/C19H15N5O2/c1-11-15(12-7-3-2-4-8-12)21-22-16(11)19(26)24-23-17-13-9-5-6-10-14(13)20-18(17)25/h2-10,20,25H,1H3,(H,21,22). The average molecular weight is 345 g/mol. The maximum Gasteiger partial charge on any atom is 0.313 e. The Hall–Kier alpha value is -3.74. The minimum absolute atomic E-state index is 0.131. The number of aromatic nitrogens is 3. The van der Waals surface area contributed by atoms with Crippen molar-refractivity contribution in [2.75, 3.05) is 0 Å². The van der Waals surface area contributed by atoms with Gasteiger partial charge >= 0.3 is 5.91 Å². The smallest absolute Gasteiger partial charge is 0.313 e. The largest absolute Gasteiger partial charge is 0.493 e. The van der Waals surface area contributed by atoms with Crippen molar-refractivity contribution in [1.29, 1.82) is 0 Å². The fraction of sp³-hybridized carbons (Fsp3) is 0.0526. The molecule has 2 heterocycles. The first-order valence-electron chi connectivity index (χ1n) is 8.01. The lowest BCUT2D eigenvalue weighted by atomic mass is 10.1. The van der Waals surface area contributed by atoms with Gasteiger partial charge in [0, 0.05) is 16.5 Å². The van der Waals surface area contributed by atoms with E-state index in [2.05, 4.69) is 25.4 Å². The van der Waals surface area contributed by atoms with Gasteiger partial charge in [-0.3, -0.25) is 9.89 Å². The second kappa shape index (κ2) is 6.29. The van der Waals surface area contributed by atoms with Gasteiger partial charge < -0.3 is 10.1 Å². The van der Waals surface area contributed by atoms with Crippen LogP contribution in [-0.4, -0.2) is 26.2 Å². The zero-order valence-electron chi connectivity index (χ0n) is 13.9. The fourth-order valence-corrected chi connectivity index (χ4v) is 2.84. The molecule has 2 aromatic carbocycles. The van der Waals surface area contributed by atoms with Crippen LogP contribution in [-0.2, 0) is 0 Å². The normalized spacial score (nSPS) is 11.4. The van der Waals surface area contributed by atoms with E-state index in [9.17, 15) is 9.90 Å². The topological polar surface area (TPSA) is 106 Å². The van der Waals surface area contributed by atoms with E-state index in [-0.39, 0.29) is 17.3 Å². The van der Waals surface area contributed by atoms with Gasteiger partial charge in [0.25, 0.3) is 0 Å². The Morgan fingerprint density at radius 1 is 1.08 bits per heavy atom. The first-order chi connectivity index (χ1) is 12.6. The summed E-state index contributed by atoms with van der Waals surface area (Å²) in [5.74, 6) is -0.684. The lowest BCUT2D eigenvalue weighted by Crippen LogP contribution is -1.96. The highest BCUT2D eigenvalue weighted by atomic mass is 16.3. The predicted molar refractivity (Wildman–Crippen MR) is 97.6 cm³/mol. The molecule has 3 N–H and O–H groups in total. The average Bonchev–Trinajstić information content (AvgIpc) is 3.20. The van der Waals surface area contributed by atoms with Crippen LogP contribution in [0.4, 0.5) is 5.69 Å². The molecule has 0 unspecified atom stereocenters. The van der Waals surface area contributed by atoms with Crippen molar-refractivity contribution >= 4 is 22.5 Å². The Balaban J connectivity index is 1.66. The summed E-state index contributed by atoms with van der Waals surface area (Å²) in [6, 6.07) is 16.8. The zero-order chi connectivity index (χ0) is 18.1. The molecule has 0 aliphatic rings. The minimum Gasteiger partial charge on any atom is -0.493 e. The van der Waals surface area contributed by atoms with Gasteiger partial charge in [0.1, 0.15) is 5.69 Å². The number of para-hydroxylation sites is 1. The SMILES string of the molecule is Cc1c(-c2ccccc2)n[nH]c1C(=O)N=Nc1c(O)[nH]c2ccccc12. The van der Waals surface area contributed by atoms with Crippen LogP contribution in [0.3, 0.4) is 0 Å². The van der Waals surface area contributed by atoms with Crippen LogP contribution < -0.4 is 0 Å². The van der Waals surface area contributed by atoms with Crippen molar-refractivity contribution in [3.8, 4) is 17.1 Å². The molecule has 0 saturated heterocycles. The van der Waals surface area contributed by atoms with Crippen molar-refractivity contribution in [3.63, 3.8) is 0 Å². The number of rotatable bonds is 3. The number of azo groups is 1. The highest BCUT2D eigenvalue weighted by Gasteiger charge is 2.17. The quantitative estimate of drug-likeness (QED) is 0.476. The number of hydrogen-bond acceptors (Lipinski definition) is 4. The Morgan fingerprint density at radius 3 is 2.62 bits per heavy atom. The number of benzene rings is 2. The molecule has 0 atom stereocenters. The van der Waals surface area contributed by atoms with Crippen LogP contribution in [0.25, 0.3) is 22.2 Å². The van der Waals surface area contributed by atoms with Gasteiger partial charge in [-0.05, 0) is 13.0 Å². The van der Waals surface area contributed by atoms with E-state index in [1.807, 2.05) is 42.5 Å². The number of amides is 1. The van der Waals surface area contributed by atoms with Crippen LogP contribution in [0, 0.1) is 6.92 Å². The Bertz CT molecular complexity index is 1130. The number of carbonyl (C=O) groups excluding carboxylic acids is 1. The molecule has 7 nitrogen and oxygen atoms in total. The molecule has 4 rings (SSSR count). The highest BCUT2D eigenvalue weighted by molar-refractivity contribution is 5.97. The van der Waals surface area contributed by atoms with Crippen molar-refractivity contribution in [3.05, 3.63) is 65.9 Å². The molecule has 0 radical (unpaired) electrons. The molecule has 128 valence electrons. The fourth-order valence-electron chi connectivity index (χ4n) is 2.84. The number of aromatic amines is 2. The Morgan fingerprint density at radius 2 is 1.81 bits per heavy atom. The van der Waals surface area contributed by atoms with Crippen LogP contribution in [0.1, 0.15) is 16.1 Å². The van der Waals surface area contributed by atoms with E-state index in [1.165, 1.54) is 0 Å². The first-order valence-corrected chi connectivity index (χ1v) is 8.01. The zero-order valence-corrected chi connectivity index (χ0v) is 13.9. The number of carbonyl (C=O) groups is 1. The van der Waals surface area contributed by atoms with Crippen molar-refractivity contribution in [2.24, 2.45) is 10.2 Å². The van der Waals surface area contributed by atoms with Crippen molar-refractivity contribution in [1.82, 2.24) is 15.2 Å². The van der Waals surface area contributed by atoms with Gasteiger partial charge in [0.05, 0.1) is 11.2 Å². The summed E-state index contributed by atoms with van der Waals surface area (Å²) in [6.45, 7) is 1.80. The second-order valence-corrected chi connectivity index (χ2v) is 5.81. The summed E-state index contributed by atoms with van der Waals surface area (Å²) in [5, 5.41) is 25.3. The monoisotopic (exact) mass is 345 g/mol. The molecule has 0 fully saturated rings. The van der Waals surface area contributed by atoms with Gasteiger partial charge in [-0.15, -0.1) is 10.2 Å². The summed E-state index contributed by atoms with van der Waals surface area (Å²) in [7, 11) is 0. The van der Waals surface area contributed by atoms with Crippen molar-refractivity contribution < 1.29 is 9.90 Å². The van der Waals surface area contributed by atoms with Crippen LogP contribution >= 0.6 is 0 Å². The lowest BCUT2D eigenvalue weighted by molar-refractivity contribution is 0.0989. The van der Waals surface area contributed by atoms with E-state index in [4.69, 9.17) is 0 Å². The molecule has 4 aromatic rings. The maximum atomic E-state index is 12.4. The number of nitrogens with one attached hydrogen (secondary N) is 2. The van der Waals surface area contributed by atoms with Gasteiger partial charge in [0.15, 0.2) is 5.69 Å². The minimum atomic E-state index is -0.554. The molecule has 7 heteroatoms. The van der Waals surface area contributed by atoms with E-state index in [0.717, 1.165) is 11.1 Å². The third kappa shape index (κ3) is 2.65. The highest BCUT2D eigenvalue weighted by Crippen LogP contribution is 2.35. The van der Waals surface area contributed by atoms with Gasteiger partial charge in [-0.25, -0.2) is 0 Å². The molecule has 0 spiro atoms. The number of hydrogen-bond donors (Lipinski definition) is 3. The molecule has 0 aliphatic carbocycles. The van der Waals surface area contributed by atoms with E-state index in [1.54, 1.807) is 19.1 Å². The number of nitrogens with zero attached hydrogens (tertiary/aromatic N) is 3. The molecule has 0 bridgehead atoms. The lowest BCUT2D eigenvalue weighted by Gasteiger charge is -1.97. The summed E-state index contributed by atoms with van der Waals surface area (Å²) in [6.07, 6.45) is 0. The number of fused-ring (bicyclic) bond motifs is 1. The van der Waals surface area contributed by atoms with E-state index >= 15 is 0 Å². The summed E-state index contributed by atoms with van der Waals surface area (Å²) < 4.78 is 0. The molecule has 0 aliphatic heterocycles. The number of aromatic hydroxyl groups is 1. The third-order valence-electron chi connectivity index (χ3n) is 4.17. The Labute approximate surface area is 148 Å². The number of H-pyrrole nitrogens is 2. The van der Waals surface area contributed by atoms with Crippen molar-refractivity contribution in [2.45, 2.75) is 6.92 Å². The van der Waals surface area contributed by atoms with Crippen LogP contribution in [0.5, 0.6) is 5.88 Å². The summed E-state index contributed by atoms with van der Waals surface area (Å²) in [4.78, 5) is 15.2. The molecule has 2 aromatic heterocycles. The molecule has 26 heavy (non-hydrogen) atoms. The van der Waals surface area contributed by atoms with E-state index in [0.29, 0.717) is 16.6 Å². The molecule has 1 amide bonds. The summed E-state index contributed by atoms with van der Waals surface area (Å²) in [5.41, 5.74) is 3.52. The molecular weight excluding hydrogens is 330 g/mol. The van der Waals surface area contributed by atoms with Crippen LogP contribution in [0.2, 0.25) is 0 Å². The van der Waals surface area contributed by atoms with Gasteiger partial charge in [-0.1, -0.05) is 48.5 Å². The maximum absolute atomic E-state index is 12.4. The predicted octanol–water partition coefficient (Wildman–Crippen LogP) is 4.50. The Kier molecular flexibility index (Phi) is 3.81. The van der Waals surface area contributed by atoms with Gasteiger partial charge in [0.2, 0.25) is 5.88 Å². The summed E-state index contributed by atoms with van der Waals surface area (Å²) >= 11 is 0. The first kappa shape index (κ1) is 15.8. The van der Waals surface area contributed by atoms with Crippen LogP contribution in [0.15, 0.2) is 64.8 Å². The molecular formula is C19H15N5O2. The second-order valence-electron chi connectivity index (χ2n) is 5.81. The third-order valence-corrected chi connectivity index (χ3v) is 4.17. The van der Waals surface area contributed by atoms with Gasteiger partial charge in [-0.2, -0.15) is 5.10 Å².